The summed E-state index contributed by atoms with van der Waals surface area (Å²) in [6.45, 7) is 3.46. The van der Waals surface area contributed by atoms with Gasteiger partial charge in [-0.1, -0.05) is 0 Å². The van der Waals surface area contributed by atoms with E-state index in [-0.39, 0.29) is 10.3 Å². The third-order valence-corrected chi connectivity index (χ3v) is 3.67. The first-order valence-electron chi connectivity index (χ1n) is 2.53. The Bertz CT molecular complexity index is 133. The van der Waals surface area contributed by atoms with E-state index in [0.29, 0.717) is 0 Å². The van der Waals surface area contributed by atoms with Gasteiger partial charge < -0.3 is 4.55 Å². The molecule has 0 aliphatic rings. The van der Waals surface area contributed by atoms with E-state index in [2.05, 4.69) is 0 Å². The van der Waals surface area contributed by atoms with Gasteiger partial charge >= 0.3 is 0 Å². The molecular formula is C4H10O3S2. The van der Waals surface area contributed by atoms with E-state index in [1.807, 2.05) is 0 Å². The standard InChI is InChI=1S/C4H10O3S2/c1-4(2)8(5)3-9(6)7/h4,9H,3H2,1-2H3. The highest BCUT2D eigenvalue weighted by molar-refractivity contribution is 8.01. The summed E-state index contributed by atoms with van der Waals surface area (Å²) in [5.41, 5.74) is 0. The summed E-state index contributed by atoms with van der Waals surface area (Å²) in [4.78, 5) is 0. The summed E-state index contributed by atoms with van der Waals surface area (Å²) >= 11 is -1.20. The second-order valence-corrected chi connectivity index (χ2v) is 5.29. The maximum atomic E-state index is 10.7. The molecule has 9 heavy (non-hydrogen) atoms. The van der Waals surface area contributed by atoms with Crippen molar-refractivity contribution in [3.63, 3.8) is 0 Å². The second kappa shape index (κ2) is 4.14. The lowest BCUT2D eigenvalue weighted by Gasteiger charge is -2.09. The van der Waals surface area contributed by atoms with E-state index in [4.69, 9.17) is 0 Å². The molecule has 0 spiro atoms. The molecule has 5 heteroatoms. The summed E-state index contributed by atoms with van der Waals surface area (Å²) in [7, 11) is -2.47. The van der Waals surface area contributed by atoms with Gasteiger partial charge in [0.25, 0.3) is 0 Å². The molecule has 0 aromatic rings. The van der Waals surface area contributed by atoms with Crippen LogP contribution in [0.1, 0.15) is 13.8 Å². The Balaban J connectivity index is 3.63. The molecule has 0 aliphatic carbocycles. The molecule has 0 aliphatic heterocycles. The zero-order chi connectivity index (χ0) is 7.44. The summed E-state index contributed by atoms with van der Waals surface area (Å²) in [5.74, 6) is 0. The van der Waals surface area contributed by atoms with Crippen molar-refractivity contribution in [2.45, 2.75) is 19.1 Å². The fourth-order valence-corrected chi connectivity index (χ4v) is 2.28. The van der Waals surface area contributed by atoms with Crippen LogP contribution >= 0.6 is 0 Å². The molecule has 56 valence electrons. The van der Waals surface area contributed by atoms with Crippen LogP contribution in [0.15, 0.2) is 0 Å². The van der Waals surface area contributed by atoms with Crippen LogP contribution in [-0.2, 0) is 21.9 Å². The maximum Gasteiger partial charge on any atom is 0.202 e. The van der Waals surface area contributed by atoms with Gasteiger partial charge in [-0.15, -0.1) is 0 Å². The lowest BCUT2D eigenvalue weighted by atomic mass is 10.6. The van der Waals surface area contributed by atoms with Crippen LogP contribution in [0.2, 0.25) is 0 Å². The number of hydrogen-bond acceptors (Lipinski definition) is 3. The third-order valence-electron chi connectivity index (χ3n) is 0.758. The van der Waals surface area contributed by atoms with Gasteiger partial charge in [0.1, 0.15) is 5.25 Å². The molecule has 0 saturated carbocycles. The summed E-state index contributed by atoms with van der Waals surface area (Å²) in [6.07, 6.45) is 0. The van der Waals surface area contributed by atoms with E-state index >= 15 is 0 Å². The van der Waals surface area contributed by atoms with Gasteiger partial charge in [-0.2, -0.15) is 0 Å². The lowest BCUT2D eigenvalue weighted by Crippen LogP contribution is -2.18. The Kier molecular flexibility index (Phi) is 4.26. The van der Waals surface area contributed by atoms with Crippen molar-refractivity contribution in [2.75, 3.05) is 5.08 Å². The van der Waals surface area contributed by atoms with Crippen molar-refractivity contribution in [1.82, 2.24) is 0 Å². The van der Waals surface area contributed by atoms with Gasteiger partial charge in [-0.05, 0) is 25.0 Å². The highest BCUT2D eigenvalue weighted by Gasteiger charge is 2.11. The van der Waals surface area contributed by atoms with Crippen molar-refractivity contribution < 1.29 is 13.0 Å². The molecule has 0 saturated heterocycles. The molecule has 0 heterocycles. The fourth-order valence-electron chi connectivity index (χ4n) is 0.253. The Morgan fingerprint density at radius 2 is 2.00 bits per heavy atom. The molecule has 0 radical (unpaired) electrons. The molecule has 3 nitrogen and oxygen atoms in total. The second-order valence-electron chi connectivity index (χ2n) is 1.89. The van der Waals surface area contributed by atoms with Crippen molar-refractivity contribution in [1.29, 1.82) is 0 Å². The van der Waals surface area contributed by atoms with E-state index < -0.39 is 21.9 Å². The van der Waals surface area contributed by atoms with Crippen molar-refractivity contribution in [2.24, 2.45) is 0 Å². The zero-order valence-corrected chi connectivity index (χ0v) is 7.08. The average molecular weight is 170 g/mol. The maximum absolute atomic E-state index is 10.7. The van der Waals surface area contributed by atoms with Crippen LogP contribution in [0.5, 0.6) is 0 Å². The first-order chi connectivity index (χ1) is 4.04. The normalized spacial score (nSPS) is 14.8. The molecule has 0 bridgehead atoms. The smallest absolute Gasteiger partial charge is 0.202 e. The van der Waals surface area contributed by atoms with Gasteiger partial charge in [-0.25, -0.2) is 8.42 Å². The summed E-state index contributed by atoms with van der Waals surface area (Å²) in [5, 5.41) is -0.259. The SMILES string of the molecule is CC(C)[S+]([O-])C[SH](=O)=O. The van der Waals surface area contributed by atoms with E-state index in [1.54, 1.807) is 13.8 Å². The van der Waals surface area contributed by atoms with Crippen LogP contribution in [0.3, 0.4) is 0 Å². The minimum Gasteiger partial charge on any atom is -0.615 e. The fraction of sp³-hybridized carbons (Fsp3) is 1.00. The molecular weight excluding hydrogens is 160 g/mol. The topological polar surface area (TPSA) is 57.2 Å². The summed E-state index contributed by atoms with van der Waals surface area (Å²) < 4.78 is 30.6. The first kappa shape index (κ1) is 9.26. The largest absolute Gasteiger partial charge is 0.615 e. The monoisotopic (exact) mass is 170 g/mol. The number of rotatable bonds is 3. The minimum absolute atomic E-state index is 0.0575. The molecule has 1 atom stereocenters. The van der Waals surface area contributed by atoms with Crippen LogP contribution in [0.25, 0.3) is 0 Å². The number of thiol groups is 1. The molecule has 0 rings (SSSR count). The van der Waals surface area contributed by atoms with Crippen LogP contribution in [0.4, 0.5) is 0 Å². The number of hydrogen-bond donors (Lipinski definition) is 1. The van der Waals surface area contributed by atoms with Crippen molar-refractivity contribution >= 4 is 21.9 Å². The van der Waals surface area contributed by atoms with Crippen LogP contribution < -0.4 is 0 Å². The van der Waals surface area contributed by atoms with Crippen molar-refractivity contribution in [3.05, 3.63) is 0 Å². The molecule has 0 fully saturated rings. The Morgan fingerprint density at radius 1 is 1.56 bits per heavy atom. The van der Waals surface area contributed by atoms with E-state index in [0.717, 1.165) is 0 Å². The molecule has 0 aromatic heterocycles. The van der Waals surface area contributed by atoms with Gasteiger partial charge in [0.05, 0.1) is 0 Å². The summed E-state index contributed by atoms with van der Waals surface area (Å²) in [6, 6.07) is 0. The third kappa shape index (κ3) is 4.74. The molecule has 0 amide bonds. The highest BCUT2D eigenvalue weighted by Crippen LogP contribution is 1.99. The lowest BCUT2D eigenvalue weighted by molar-refractivity contribution is 0.587. The Hall–Kier alpha value is 0.260. The van der Waals surface area contributed by atoms with Crippen LogP contribution in [0, 0.1) is 0 Å². The zero-order valence-electron chi connectivity index (χ0n) is 5.36. The molecule has 1 unspecified atom stereocenters. The van der Waals surface area contributed by atoms with E-state index in [1.165, 1.54) is 0 Å². The average Bonchev–Trinajstić information content (AvgIpc) is 1.63. The van der Waals surface area contributed by atoms with Gasteiger partial charge in [-0.3, -0.25) is 0 Å². The quantitative estimate of drug-likeness (QED) is 0.468. The van der Waals surface area contributed by atoms with Gasteiger partial charge in [0.2, 0.25) is 5.08 Å². The minimum atomic E-state index is -2.47. The van der Waals surface area contributed by atoms with E-state index in [9.17, 15) is 13.0 Å². The van der Waals surface area contributed by atoms with Crippen LogP contribution in [-0.4, -0.2) is 23.3 Å². The highest BCUT2D eigenvalue weighted by atomic mass is 32.3. The first-order valence-corrected chi connectivity index (χ1v) is 5.27. The van der Waals surface area contributed by atoms with Gasteiger partial charge in [0.15, 0.2) is 10.7 Å². The predicted molar refractivity (Wildman–Crippen MR) is 38.5 cm³/mol. The predicted octanol–water partition coefficient (Wildman–Crippen LogP) is -0.288. The molecule has 0 N–H and O–H groups in total. The van der Waals surface area contributed by atoms with Gasteiger partial charge in [0, 0.05) is 0 Å². The Morgan fingerprint density at radius 3 is 2.11 bits per heavy atom. The Labute approximate surface area is 59.6 Å². The van der Waals surface area contributed by atoms with Crippen molar-refractivity contribution in [3.8, 4) is 0 Å². The molecule has 0 aromatic carbocycles.